The minimum atomic E-state index is -0.779. The van der Waals surface area contributed by atoms with Gasteiger partial charge in [0.05, 0.1) is 19.2 Å². The fraction of sp³-hybridized carbons (Fsp3) is 0.500. The van der Waals surface area contributed by atoms with Gasteiger partial charge >= 0.3 is 0 Å². The van der Waals surface area contributed by atoms with Crippen LogP contribution in [0.2, 0.25) is 0 Å². The Hall–Kier alpha value is -0.110. The Labute approximate surface area is 49.4 Å². The van der Waals surface area contributed by atoms with Gasteiger partial charge in [-0.05, 0) is 6.08 Å². The number of hydrogen-bond acceptors (Lipinski definition) is 3. The first kappa shape index (κ1) is 6.02. The summed E-state index contributed by atoms with van der Waals surface area (Å²) in [6.07, 6.45) is 3.94. The third kappa shape index (κ3) is 1.44. The minimum Gasteiger partial charge on any atom is -0.454 e. The maximum absolute atomic E-state index is 5.25. The first-order valence-corrected chi connectivity index (χ1v) is 3.72. The van der Waals surface area contributed by atoms with Crippen LogP contribution in [0.4, 0.5) is 0 Å². The van der Waals surface area contributed by atoms with Gasteiger partial charge in [0.1, 0.15) is 0 Å². The lowest BCUT2D eigenvalue weighted by Gasteiger charge is -2.15. The number of nitrogens with two attached hydrogens (primary N) is 1. The van der Waals surface area contributed by atoms with Crippen LogP contribution < -0.4 is 5.73 Å². The molecule has 46 valence electrons. The van der Waals surface area contributed by atoms with Gasteiger partial charge in [-0.25, -0.2) is 0 Å². The maximum atomic E-state index is 5.25. The summed E-state index contributed by atoms with van der Waals surface area (Å²) in [5.41, 5.74) is 5.25. The van der Waals surface area contributed by atoms with Crippen LogP contribution in [0.5, 0.6) is 0 Å². The van der Waals surface area contributed by atoms with Crippen LogP contribution in [-0.4, -0.2) is 12.9 Å². The molecule has 1 rings (SSSR count). The van der Waals surface area contributed by atoms with E-state index in [0.29, 0.717) is 12.9 Å². The molecule has 8 heavy (non-hydrogen) atoms. The molecule has 0 fully saturated rings. The topological polar surface area (TPSA) is 44.5 Å². The van der Waals surface area contributed by atoms with Gasteiger partial charge < -0.3 is 14.8 Å². The lowest BCUT2D eigenvalue weighted by atomic mass is 10.7. The van der Waals surface area contributed by atoms with E-state index in [1.54, 1.807) is 6.26 Å². The first-order valence-electron chi connectivity index (χ1n) is 2.36. The molecule has 0 amide bonds. The zero-order chi connectivity index (χ0) is 5.82. The Morgan fingerprint density at radius 1 is 1.75 bits per heavy atom. The minimum absolute atomic E-state index is 0.486. The quantitative estimate of drug-likeness (QED) is 0.537. The van der Waals surface area contributed by atoms with Crippen LogP contribution in [0.3, 0.4) is 0 Å². The molecule has 0 aliphatic carbocycles. The zero-order valence-electron chi connectivity index (χ0n) is 4.41. The molecule has 1 aliphatic rings. The van der Waals surface area contributed by atoms with Crippen molar-refractivity contribution >= 4 is 8.38 Å². The van der Waals surface area contributed by atoms with Crippen LogP contribution in [-0.2, 0) is 9.05 Å². The SMILES string of the molecule is NCP1OC=CCO1. The van der Waals surface area contributed by atoms with E-state index in [1.807, 2.05) is 6.08 Å². The standard InChI is InChI=1S/C4H8NO2P/c5-4-8-6-2-1-3-7-8/h1-2H,3-5H2. The summed E-state index contributed by atoms with van der Waals surface area (Å²) in [5.74, 6) is 0. The monoisotopic (exact) mass is 133 g/mol. The summed E-state index contributed by atoms with van der Waals surface area (Å²) < 4.78 is 10.0. The Morgan fingerprint density at radius 3 is 3.00 bits per heavy atom. The normalized spacial score (nSPS) is 27.4. The van der Waals surface area contributed by atoms with E-state index in [-0.39, 0.29) is 0 Å². The molecule has 0 aromatic rings. The lowest BCUT2D eigenvalue weighted by molar-refractivity contribution is 0.310. The van der Waals surface area contributed by atoms with Crippen molar-refractivity contribution in [2.24, 2.45) is 5.73 Å². The average Bonchev–Trinajstić information content (AvgIpc) is 1.90. The van der Waals surface area contributed by atoms with Crippen LogP contribution in [0.1, 0.15) is 0 Å². The second kappa shape index (κ2) is 3.02. The van der Waals surface area contributed by atoms with Crippen molar-refractivity contribution in [3.8, 4) is 0 Å². The van der Waals surface area contributed by atoms with Gasteiger partial charge in [0.15, 0.2) is 0 Å². The predicted molar refractivity (Wildman–Crippen MR) is 32.2 cm³/mol. The Bertz CT molecular complexity index is 96.0. The predicted octanol–water partition coefficient (Wildman–Crippen LogP) is 0.775. The average molecular weight is 133 g/mol. The van der Waals surface area contributed by atoms with Gasteiger partial charge in [-0.15, -0.1) is 0 Å². The molecule has 0 saturated heterocycles. The molecular weight excluding hydrogens is 125 g/mol. The molecule has 0 aromatic heterocycles. The van der Waals surface area contributed by atoms with Crippen LogP contribution in [0.15, 0.2) is 12.3 Å². The van der Waals surface area contributed by atoms with Crippen molar-refractivity contribution in [1.29, 1.82) is 0 Å². The van der Waals surface area contributed by atoms with E-state index in [2.05, 4.69) is 0 Å². The molecule has 4 heteroatoms. The Kier molecular flexibility index (Phi) is 2.27. The van der Waals surface area contributed by atoms with E-state index in [9.17, 15) is 0 Å². The third-order valence-electron chi connectivity index (χ3n) is 0.738. The summed E-state index contributed by atoms with van der Waals surface area (Å²) in [6, 6.07) is 0. The summed E-state index contributed by atoms with van der Waals surface area (Å²) in [5, 5.41) is 0. The lowest BCUT2D eigenvalue weighted by Crippen LogP contribution is -2.03. The fourth-order valence-electron chi connectivity index (χ4n) is 0.403. The Balaban J connectivity index is 2.27. The fourth-order valence-corrected chi connectivity index (χ4v) is 1.13. The van der Waals surface area contributed by atoms with Crippen LogP contribution in [0.25, 0.3) is 0 Å². The smallest absolute Gasteiger partial charge is 0.244 e. The second-order valence-electron chi connectivity index (χ2n) is 1.29. The zero-order valence-corrected chi connectivity index (χ0v) is 5.30. The summed E-state index contributed by atoms with van der Waals surface area (Å²) in [7, 11) is -0.779. The van der Waals surface area contributed by atoms with E-state index in [0.717, 1.165) is 0 Å². The molecule has 2 N–H and O–H groups in total. The molecule has 3 nitrogen and oxygen atoms in total. The molecular formula is C4H8NO2P. The van der Waals surface area contributed by atoms with Crippen molar-refractivity contribution < 1.29 is 9.05 Å². The first-order chi connectivity index (χ1) is 3.93. The molecule has 0 spiro atoms. The summed E-state index contributed by atoms with van der Waals surface area (Å²) in [6.45, 7) is 0.642. The van der Waals surface area contributed by atoms with Crippen molar-refractivity contribution in [3.05, 3.63) is 12.3 Å². The summed E-state index contributed by atoms with van der Waals surface area (Å²) in [4.78, 5) is 0. The highest BCUT2D eigenvalue weighted by Gasteiger charge is 2.08. The highest BCUT2D eigenvalue weighted by molar-refractivity contribution is 7.47. The largest absolute Gasteiger partial charge is 0.454 e. The van der Waals surface area contributed by atoms with Gasteiger partial charge in [0, 0.05) is 0 Å². The molecule has 0 saturated carbocycles. The van der Waals surface area contributed by atoms with E-state index >= 15 is 0 Å². The van der Waals surface area contributed by atoms with Crippen LogP contribution in [0, 0.1) is 0 Å². The summed E-state index contributed by atoms with van der Waals surface area (Å²) >= 11 is 0. The molecule has 1 unspecified atom stereocenters. The molecule has 0 aromatic carbocycles. The molecule has 0 bridgehead atoms. The van der Waals surface area contributed by atoms with Crippen LogP contribution >= 0.6 is 8.38 Å². The van der Waals surface area contributed by atoms with Crippen molar-refractivity contribution in [2.45, 2.75) is 0 Å². The maximum Gasteiger partial charge on any atom is 0.244 e. The van der Waals surface area contributed by atoms with Crippen molar-refractivity contribution in [3.63, 3.8) is 0 Å². The molecule has 0 radical (unpaired) electrons. The number of hydrogen-bond donors (Lipinski definition) is 1. The van der Waals surface area contributed by atoms with Gasteiger partial charge in [-0.1, -0.05) is 0 Å². The third-order valence-corrected chi connectivity index (χ3v) is 1.83. The highest BCUT2D eigenvalue weighted by atomic mass is 31.2. The Morgan fingerprint density at radius 2 is 2.62 bits per heavy atom. The second-order valence-corrected chi connectivity index (χ2v) is 2.79. The van der Waals surface area contributed by atoms with E-state index in [1.165, 1.54) is 0 Å². The molecule has 1 aliphatic heterocycles. The number of rotatable bonds is 1. The van der Waals surface area contributed by atoms with Gasteiger partial charge in [0.25, 0.3) is 0 Å². The van der Waals surface area contributed by atoms with Crippen molar-refractivity contribution in [2.75, 3.05) is 12.9 Å². The van der Waals surface area contributed by atoms with Gasteiger partial charge in [-0.3, -0.25) is 0 Å². The molecule has 1 atom stereocenters. The van der Waals surface area contributed by atoms with Gasteiger partial charge in [-0.2, -0.15) is 0 Å². The highest BCUT2D eigenvalue weighted by Crippen LogP contribution is 2.38. The van der Waals surface area contributed by atoms with Crippen molar-refractivity contribution in [1.82, 2.24) is 0 Å². The van der Waals surface area contributed by atoms with E-state index in [4.69, 9.17) is 14.8 Å². The van der Waals surface area contributed by atoms with Gasteiger partial charge in [0.2, 0.25) is 8.38 Å². The van der Waals surface area contributed by atoms with E-state index < -0.39 is 8.38 Å². The molecule has 1 heterocycles.